The smallest absolute Gasteiger partial charge is 0.204 e. The van der Waals surface area contributed by atoms with Crippen molar-refractivity contribution in [3.63, 3.8) is 0 Å². The zero-order valence-corrected chi connectivity index (χ0v) is 6.31. The molecule has 0 amide bonds. The van der Waals surface area contributed by atoms with Gasteiger partial charge < -0.3 is 14.6 Å². The molecule has 0 aliphatic rings. The molecule has 0 atom stereocenters. The predicted octanol–water partition coefficient (Wildman–Crippen LogP) is 0.207. The second kappa shape index (κ2) is 4.06. The van der Waals surface area contributed by atoms with Gasteiger partial charge in [-0.15, -0.1) is 11.6 Å². The first kappa shape index (κ1) is 9.17. The molecule has 9 heavy (non-hydrogen) atoms. The van der Waals surface area contributed by atoms with E-state index in [0.717, 1.165) is 0 Å². The summed E-state index contributed by atoms with van der Waals surface area (Å²) in [5.74, 6) is -0.891. The lowest BCUT2D eigenvalue weighted by molar-refractivity contribution is -0.210. The largest absolute Gasteiger partial charge is 0.391 e. The van der Waals surface area contributed by atoms with E-state index in [1.807, 2.05) is 0 Å². The minimum absolute atomic E-state index is 0.122. The first-order chi connectivity index (χ1) is 4.24. The van der Waals surface area contributed by atoms with E-state index in [-0.39, 0.29) is 12.5 Å². The molecule has 0 spiro atoms. The van der Waals surface area contributed by atoms with Gasteiger partial charge in [0.05, 0.1) is 12.5 Å². The predicted molar refractivity (Wildman–Crippen MR) is 34.6 cm³/mol. The quantitative estimate of drug-likeness (QED) is 0.465. The standard InChI is InChI=1S/C5H11ClO3/c1-8-5(3-6,4-7)9-2/h7H,3-4H2,1-2H3. The Morgan fingerprint density at radius 2 is 1.89 bits per heavy atom. The molecule has 0 radical (unpaired) electrons. The van der Waals surface area contributed by atoms with E-state index < -0.39 is 5.79 Å². The van der Waals surface area contributed by atoms with E-state index in [0.29, 0.717) is 0 Å². The maximum Gasteiger partial charge on any atom is 0.204 e. The Labute approximate surface area is 59.5 Å². The molecule has 0 aliphatic carbocycles. The number of alkyl halides is 1. The van der Waals surface area contributed by atoms with Crippen molar-refractivity contribution in [2.75, 3.05) is 26.7 Å². The monoisotopic (exact) mass is 154 g/mol. The van der Waals surface area contributed by atoms with Crippen LogP contribution in [0, 0.1) is 0 Å². The van der Waals surface area contributed by atoms with Gasteiger partial charge in [-0.05, 0) is 0 Å². The minimum atomic E-state index is -1.01. The molecule has 0 aromatic rings. The number of ether oxygens (including phenoxy) is 2. The molecule has 0 saturated carbocycles. The highest BCUT2D eigenvalue weighted by molar-refractivity contribution is 6.18. The van der Waals surface area contributed by atoms with Crippen LogP contribution >= 0.6 is 11.6 Å². The third-order valence-corrected chi connectivity index (χ3v) is 1.60. The number of aliphatic hydroxyl groups is 1. The third-order valence-electron chi connectivity index (χ3n) is 1.19. The Morgan fingerprint density at radius 1 is 1.44 bits per heavy atom. The Hall–Kier alpha value is 0.170. The topological polar surface area (TPSA) is 38.7 Å². The lowest BCUT2D eigenvalue weighted by Gasteiger charge is -2.25. The molecule has 0 unspecified atom stereocenters. The van der Waals surface area contributed by atoms with Gasteiger partial charge in [0, 0.05) is 14.2 Å². The summed E-state index contributed by atoms with van der Waals surface area (Å²) in [4.78, 5) is 0. The van der Waals surface area contributed by atoms with E-state index in [1.54, 1.807) is 0 Å². The Bertz CT molecular complexity index is 55.1. The molecule has 0 saturated heterocycles. The number of methoxy groups -OCH3 is 2. The first-order valence-electron chi connectivity index (χ1n) is 2.52. The maximum absolute atomic E-state index is 8.64. The second-order valence-electron chi connectivity index (χ2n) is 1.61. The highest BCUT2D eigenvalue weighted by Crippen LogP contribution is 2.11. The molecule has 56 valence electrons. The van der Waals surface area contributed by atoms with Crippen molar-refractivity contribution >= 4 is 11.6 Å². The SMILES string of the molecule is COC(CO)(CCl)OC. The summed E-state index contributed by atoms with van der Waals surface area (Å²) in [6.45, 7) is -0.233. The fourth-order valence-electron chi connectivity index (χ4n) is 0.364. The number of rotatable bonds is 4. The van der Waals surface area contributed by atoms with E-state index in [1.165, 1.54) is 14.2 Å². The van der Waals surface area contributed by atoms with E-state index in [9.17, 15) is 0 Å². The van der Waals surface area contributed by atoms with Crippen molar-refractivity contribution < 1.29 is 14.6 Å². The van der Waals surface area contributed by atoms with Gasteiger partial charge in [0.15, 0.2) is 0 Å². The van der Waals surface area contributed by atoms with Crippen molar-refractivity contribution in [1.82, 2.24) is 0 Å². The molecular weight excluding hydrogens is 144 g/mol. The Morgan fingerprint density at radius 3 is 1.89 bits per heavy atom. The highest BCUT2D eigenvalue weighted by atomic mass is 35.5. The second-order valence-corrected chi connectivity index (χ2v) is 1.88. The van der Waals surface area contributed by atoms with Gasteiger partial charge in [-0.25, -0.2) is 0 Å². The molecule has 0 bridgehead atoms. The number of hydrogen-bond acceptors (Lipinski definition) is 3. The molecule has 3 nitrogen and oxygen atoms in total. The van der Waals surface area contributed by atoms with Crippen molar-refractivity contribution in [2.45, 2.75) is 5.79 Å². The van der Waals surface area contributed by atoms with Gasteiger partial charge in [-0.1, -0.05) is 0 Å². The molecule has 0 aromatic heterocycles. The van der Waals surface area contributed by atoms with Crippen molar-refractivity contribution in [3.05, 3.63) is 0 Å². The third kappa shape index (κ3) is 2.10. The van der Waals surface area contributed by atoms with Crippen molar-refractivity contribution in [1.29, 1.82) is 0 Å². The van der Waals surface area contributed by atoms with Crippen LogP contribution in [0.15, 0.2) is 0 Å². The fourth-order valence-corrected chi connectivity index (χ4v) is 0.667. The Balaban J connectivity index is 3.82. The van der Waals surface area contributed by atoms with Crippen LogP contribution in [0.5, 0.6) is 0 Å². The van der Waals surface area contributed by atoms with Gasteiger partial charge >= 0.3 is 0 Å². The van der Waals surface area contributed by atoms with Crippen LogP contribution in [-0.4, -0.2) is 37.6 Å². The molecular formula is C5H11ClO3. The van der Waals surface area contributed by atoms with Crippen molar-refractivity contribution in [2.24, 2.45) is 0 Å². The fraction of sp³-hybridized carbons (Fsp3) is 1.00. The van der Waals surface area contributed by atoms with Gasteiger partial charge in [0.2, 0.25) is 5.79 Å². The summed E-state index contributed by atoms with van der Waals surface area (Å²) in [5, 5.41) is 8.64. The van der Waals surface area contributed by atoms with Crippen LogP contribution < -0.4 is 0 Å². The summed E-state index contributed by atoms with van der Waals surface area (Å²) in [6.07, 6.45) is 0. The number of aliphatic hydroxyl groups excluding tert-OH is 1. The van der Waals surface area contributed by atoms with Crippen molar-refractivity contribution in [3.8, 4) is 0 Å². The van der Waals surface area contributed by atoms with Crippen LogP contribution in [0.25, 0.3) is 0 Å². The molecule has 0 fully saturated rings. The molecule has 0 aliphatic heterocycles. The van der Waals surface area contributed by atoms with Crippen LogP contribution in [0.2, 0.25) is 0 Å². The molecule has 1 N–H and O–H groups in total. The van der Waals surface area contributed by atoms with Crippen LogP contribution in [0.3, 0.4) is 0 Å². The van der Waals surface area contributed by atoms with Gasteiger partial charge in [-0.2, -0.15) is 0 Å². The van der Waals surface area contributed by atoms with Gasteiger partial charge in [0.25, 0.3) is 0 Å². The van der Waals surface area contributed by atoms with E-state index in [4.69, 9.17) is 26.2 Å². The number of halogens is 1. The zero-order chi connectivity index (χ0) is 7.33. The average Bonchev–Trinajstić information content (AvgIpc) is 1.95. The molecule has 0 aromatic carbocycles. The normalized spacial score (nSPS) is 12.0. The minimum Gasteiger partial charge on any atom is -0.391 e. The number of hydrogen-bond donors (Lipinski definition) is 1. The maximum atomic E-state index is 8.64. The van der Waals surface area contributed by atoms with E-state index in [2.05, 4.69) is 0 Å². The summed E-state index contributed by atoms with van der Waals surface area (Å²) in [5.41, 5.74) is 0. The van der Waals surface area contributed by atoms with Crippen LogP contribution in [0.4, 0.5) is 0 Å². The lowest BCUT2D eigenvalue weighted by atomic mass is 10.3. The molecule has 0 heterocycles. The summed E-state index contributed by atoms with van der Waals surface area (Å²) in [7, 11) is 2.87. The van der Waals surface area contributed by atoms with E-state index >= 15 is 0 Å². The zero-order valence-electron chi connectivity index (χ0n) is 5.56. The van der Waals surface area contributed by atoms with Crippen LogP contribution in [-0.2, 0) is 9.47 Å². The van der Waals surface area contributed by atoms with Gasteiger partial charge in [-0.3, -0.25) is 0 Å². The summed E-state index contributed by atoms with van der Waals surface area (Å²) in [6, 6.07) is 0. The van der Waals surface area contributed by atoms with Crippen LogP contribution in [0.1, 0.15) is 0 Å². The Kier molecular flexibility index (Phi) is 4.14. The average molecular weight is 155 g/mol. The lowest BCUT2D eigenvalue weighted by Crippen LogP contribution is -2.39. The summed E-state index contributed by atoms with van der Waals surface area (Å²) >= 11 is 5.41. The summed E-state index contributed by atoms with van der Waals surface area (Å²) < 4.78 is 9.56. The highest BCUT2D eigenvalue weighted by Gasteiger charge is 2.26. The molecule has 4 heteroatoms. The first-order valence-corrected chi connectivity index (χ1v) is 3.05. The molecule has 0 rings (SSSR count). The van der Waals surface area contributed by atoms with Gasteiger partial charge in [0.1, 0.15) is 0 Å².